The van der Waals surface area contributed by atoms with E-state index < -0.39 is 4.92 Å². The highest BCUT2D eigenvalue weighted by Crippen LogP contribution is 2.32. The molecular formula is C17H16N4O4. The highest BCUT2D eigenvalue weighted by molar-refractivity contribution is 5.64. The number of nitro groups is 1. The molecule has 8 nitrogen and oxygen atoms in total. The lowest BCUT2D eigenvalue weighted by Crippen LogP contribution is -1.96. The zero-order chi connectivity index (χ0) is 17.8. The largest absolute Gasteiger partial charge is 0.493 e. The summed E-state index contributed by atoms with van der Waals surface area (Å²) in [5.74, 6) is 2.27. The number of methoxy groups -OCH3 is 1. The van der Waals surface area contributed by atoms with Crippen molar-refractivity contribution < 1.29 is 14.4 Å². The van der Waals surface area contributed by atoms with Gasteiger partial charge in [-0.2, -0.15) is 5.10 Å². The Kier molecular flexibility index (Phi) is 4.60. The van der Waals surface area contributed by atoms with E-state index in [4.69, 9.17) is 9.47 Å². The number of aromatic nitrogens is 3. The first-order valence-corrected chi connectivity index (χ1v) is 7.60. The second kappa shape index (κ2) is 7.00. The first-order chi connectivity index (χ1) is 12.1. The van der Waals surface area contributed by atoms with Crippen molar-refractivity contribution in [3.8, 4) is 34.3 Å². The second-order valence-electron chi connectivity index (χ2n) is 5.11. The lowest BCUT2D eigenvalue weighted by molar-refractivity contribution is -0.384. The zero-order valence-electron chi connectivity index (χ0n) is 13.7. The molecule has 25 heavy (non-hydrogen) atoms. The maximum absolute atomic E-state index is 10.7. The van der Waals surface area contributed by atoms with Crippen LogP contribution in [0.4, 0.5) is 5.69 Å². The number of rotatable bonds is 6. The van der Waals surface area contributed by atoms with Gasteiger partial charge in [-0.1, -0.05) is 0 Å². The molecule has 0 aliphatic carbocycles. The van der Waals surface area contributed by atoms with Crippen molar-refractivity contribution in [3.63, 3.8) is 0 Å². The van der Waals surface area contributed by atoms with Gasteiger partial charge in [-0.05, 0) is 37.3 Å². The van der Waals surface area contributed by atoms with Gasteiger partial charge in [-0.3, -0.25) is 15.2 Å². The van der Waals surface area contributed by atoms with E-state index in [0.29, 0.717) is 35.3 Å². The van der Waals surface area contributed by atoms with Crippen molar-refractivity contribution in [2.45, 2.75) is 6.92 Å². The fourth-order valence-corrected chi connectivity index (χ4v) is 2.35. The Bertz CT molecular complexity index is 890. The normalized spacial score (nSPS) is 10.5. The molecule has 2 aromatic carbocycles. The Morgan fingerprint density at radius 3 is 2.48 bits per heavy atom. The summed E-state index contributed by atoms with van der Waals surface area (Å²) in [7, 11) is 1.58. The average molecular weight is 340 g/mol. The molecule has 3 aromatic rings. The van der Waals surface area contributed by atoms with E-state index in [-0.39, 0.29) is 5.69 Å². The summed E-state index contributed by atoms with van der Waals surface area (Å²) in [4.78, 5) is 14.7. The smallest absolute Gasteiger partial charge is 0.269 e. The molecule has 0 fully saturated rings. The number of aromatic amines is 1. The Morgan fingerprint density at radius 2 is 1.84 bits per heavy atom. The number of nitrogens with one attached hydrogen (secondary N) is 1. The quantitative estimate of drug-likeness (QED) is 0.544. The van der Waals surface area contributed by atoms with E-state index in [1.54, 1.807) is 25.3 Å². The van der Waals surface area contributed by atoms with Crippen molar-refractivity contribution in [1.29, 1.82) is 0 Å². The molecule has 0 saturated heterocycles. The van der Waals surface area contributed by atoms with Gasteiger partial charge in [0.1, 0.15) is 0 Å². The monoisotopic (exact) mass is 340 g/mol. The summed E-state index contributed by atoms with van der Waals surface area (Å²) >= 11 is 0. The van der Waals surface area contributed by atoms with Crippen LogP contribution in [0.25, 0.3) is 22.8 Å². The Hall–Kier alpha value is -3.42. The van der Waals surface area contributed by atoms with E-state index >= 15 is 0 Å². The summed E-state index contributed by atoms with van der Waals surface area (Å²) in [6, 6.07) is 11.6. The number of benzene rings is 2. The van der Waals surface area contributed by atoms with E-state index in [2.05, 4.69) is 15.2 Å². The van der Waals surface area contributed by atoms with Gasteiger partial charge < -0.3 is 9.47 Å². The minimum absolute atomic E-state index is 0.0278. The molecular weight excluding hydrogens is 324 g/mol. The molecule has 128 valence electrons. The number of non-ortho nitro benzene ring substituents is 1. The molecule has 0 atom stereocenters. The number of hydrogen-bond donors (Lipinski definition) is 1. The van der Waals surface area contributed by atoms with Gasteiger partial charge >= 0.3 is 0 Å². The van der Waals surface area contributed by atoms with Crippen LogP contribution in [0.2, 0.25) is 0 Å². The fourth-order valence-electron chi connectivity index (χ4n) is 2.35. The van der Waals surface area contributed by atoms with E-state index in [0.717, 1.165) is 5.56 Å². The zero-order valence-corrected chi connectivity index (χ0v) is 13.7. The Morgan fingerprint density at radius 1 is 1.12 bits per heavy atom. The third-order valence-electron chi connectivity index (χ3n) is 3.56. The minimum atomic E-state index is -0.442. The lowest BCUT2D eigenvalue weighted by Gasteiger charge is -2.09. The van der Waals surface area contributed by atoms with Crippen molar-refractivity contribution in [2.75, 3.05) is 13.7 Å². The number of hydrogen-bond acceptors (Lipinski definition) is 6. The van der Waals surface area contributed by atoms with Gasteiger partial charge in [0.05, 0.1) is 18.6 Å². The van der Waals surface area contributed by atoms with Crippen molar-refractivity contribution >= 4 is 5.69 Å². The van der Waals surface area contributed by atoms with Crippen LogP contribution < -0.4 is 9.47 Å². The summed E-state index contributed by atoms with van der Waals surface area (Å²) < 4.78 is 10.8. The summed E-state index contributed by atoms with van der Waals surface area (Å²) in [6.07, 6.45) is 0. The van der Waals surface area contributed by atoms with Crippen molar-refractivity contribution in [2.24, 2.45) is 0 Å². The number of nitro benzene ring substituents is 1. The molecule has 0 aliphatic heterocycles. The summed E-state index contributed by atoms with van der Waals surface area (Å²) in [6.45, 7) is 2.41. The number of nitrogens with zero attached hydrogens (tertiary/aromatic N) is 3. The van der Waals surface area contributed by atoms with Gasteiger partial charge in [0, 0.05) is 23.3 Å². The summed E-state index contributed by atoms with van der Waals surface area (Å²) in [5.41, 5.74) is 1.51. The lowest BCUT2D eigenvalue weighted by atomic mass is 10.2. The standard InChI is InChI=1S/C17H16N4O4/c1-3-25-15-10-12(6-9-14(15)24-2)17-18-16(19-20-17)11-4-7-13(8-5-11)21(22)23/h4-10H,3H2,1-2H3,(H,18,19,20). The summed E-state index contributed by atoms with van der Waals surface area (Å²) in [5, 5.41) is 17.8. The molecule has 0 spiro atoms. The molecule has 0 saturated carbocycles. The Labute approximate surface area is 143 Å². The van der Waals surface area contributed by atoms with Crippen LogP contribution in [-0.4, -0.2) is 33.8 Å². The first-order valence-electron chi connectivity index (χ1n) is 7.60. The van der Waals surface area contributed by atoms with Crippen LogP contribution in [0.1, 0.15) is 6.92 Å². The minimum Gasteiger partial charge on any atom is -0.493 e. The number of ether oxygens (including phenoxy) is 2. The van der Waals surface area contributed by atoms with Crippen LogP contribution in [0.15, 0.2) is 42.5 Å². The molecule has 8 heteroatoms. The van der Waals surface area contributed by atoms with Crippen molar-refractivity contribution in [1.82, 2.24) is 15.2 Å². The van der Waals surface area contributed by atoms with Crippen LogP contribution in [-0.2, 0) is 0 Å². The molecule has 1 heterocycles. The Balaban J connectivity index is 1.90. The topological polar surface area (TPSA) is 103 Å². The highest BCUT2D eigenvalue weighted by Gasteiger charge is 2.12. The van der Waals surface area contributed by atoms with Gasteiger partial charge in [0.15, 0.2) is 23.1 Å². The van der Waals surface area contributed by atoms with Crippen LogP contribution in [0, 0.1) is 10.1 Å². The SMILES string of the molecule is CCOc1cc(-c2n[nH]c(-c3ccc([N+](=O)[O-])cc3)n2)ccc1OC. The molecule has 0 aliphatic rings. The van der Waals surface area contributed by atoms with Gasteiger partial charge in [-0.15, -0.1) is 0 Å². The third-order valence-corrected chi connectivity index (χ3v) is 3.56. The molecule has 0 unspecified atom stereocenters. The van der Waals surface area contributed by atoms with E-state index in [1.807, 2.05) is 19.1 Å². The van der Waals surface area contributed by atoms with E-state index in [1.165, 1.54) is 12.1 Å². The molecule has 0 bridgehead atoms. The van der Waals surface area contributed by atoms with Gasteiger partial charge in [-0.25, -0.2) is 4.98 Å². The predicted molar refractivity (Wildman–Crippen MR) is 91.6 cm³/mol. The molecule has 1 aromatic heterocycles. The molecule has 3 rings (SSSR count). The fraction of sp³-hybridized carbons (Fsp3) is 0.176. The maximum Gasteiger partial charge on any atom is 0.269 e. The van der Waals surface area contributed by atoms with Gasteiger partial charge in [0.25, 0.3) is 5.69 Å². The molecule has 0 amide bonds. The van der Waals surface area contributed by atoms with Crippen LogP contribution >= 0.6 is 0 Å². The van der Waals surface area contributed by atoms with Gasteiger partial charge in [0.2, 0.25) is 0 Å². The van der Waals surface area contributed by atoms with Crippen molar-refractivity contribution in [3.05, 3.63) is 52.6 Å². The third kappa shape index (κ3) is 3.42. The average Bonchev–Trinajstić information content (AvgIpc) is 3.12. The van der Waals surface area contributed by atoms with Crippen LogP contribution in [0.3, 0.4) is 0 Å². The van der Waals surface area contributed by atoms with Crippen LogP contribution in [0.5, 0.6) is 11.5 Å². The van der Waals surface area contributed by atoms with E-state index in [9.17, 15) is 10.1 Å². The maximum atomic E-state index is 10.7. The highest BCUT2D eigenvalue weighted by atomic mass is 16.6. The molecule has 0 radical (unpaired) electrons. The molecule has 1 N–H and O–H groups in total. The number of H-pyrrole nitrogens is 1. The second-order valence-corrected chi connectivity index (χ2v) is 5.11. The predicted octanol–water partition coefficient (Wildman–Crippen LogP) is 3.45. The first kappa shape index (κ1) is 16.4.